The highest BCUT2D eigenvalue weighted by Crippen LogP contribution is 2.43. The van der Waals surface area contributed by atoms with E-state index < -0.39 is 0 Å². The first kappa shape index (κ1) is 12.4. The van der Waals surface area contributed by atoms with Gasteiger partial charge in [-0.3, -0.25) is 5.32 Å². The number of fused-ring (bicyclic) bond motifs is 3. The van der Waals surface area contributed by atoms with Gasteiger partial charge >= 0.3 is 0 Å². The molecule has 0 unspecified atom stereocenters. The monoisotopic (exact) mass is 276 g/mol. The van der Waals surface area contributed by atoms with E-state index in [0.29, 0.717) is 6.54 Å². The molecular formula is C18H16N2O. The molecule has 0 bridgehead atoms. The number of nitrogens with one attached hydrogen (secondary N) is 1. The van der Waals surface area contributed by atoms with E-state index >= 15 is 0 Å². The summed E-state index contributed by atoms with van der Waals surface area (Å²) in [4.78, 5) is 0. The summed E-state index contributed by atoms with van der Waals surface area (Å²) < 4.78 is 5.29. The summed E-state index contributed by atoms with van der Waals surface area (Å²) in [6.07, 6.45) is 0. The molecule has 3 aromatic rings. The number of aryl methyl sites for hydroxylation is 1. The molecule has 1 aliphatic carbocycles. The molecule has 0 spiro atoms. The molecule has 1 heterocycles. The summed E-state index contributed by atoms with van der Waals surface area (Å²) in [5.74, 6) is 0.870. The maximum absolute atomic E-state index is 5.29. The van der Waals surface area contributed by atoms with Crippen molar-refractivity contribution in [3.8, 4) is 11.1 Å². The molecule has 2 aromatic carbocycles. The van der Waals surface area contributed by atoms with Crippen LogP contribution in [0.1, 0.15) is 28.6 Å². The highest BCUT2D eigenvalue weighted by atomic mass is 16.5. The summed E-state index contributed by atoms with van der Waals surface area (Å²) in [6.45, 7) is 2.61. The van der Waals surface area contributed by atoms with Crippen LogP contribution < -0.4 is 5.32 Å². The quantitative estimate of drug-likeness (QED) is 0.789. The van der Waals surface area contributed by atoms with Crippen LogP contribution in [-0.4, -0.2) is 5.16 Å². The van der Waals surface area contributed by atoms with Gasteiger partial charge in [0.1, 0.15) is 0 Å². The first-order valence-corrected chi connectivity index (χ1v) is 7.17. The highest BCUT2D eigenvalue weighted by Gasteiger charge is 2.27. The molecule has 0 fully saturated rings. The Hall–Kier alpha value is -2.39. The molecule has 0 atom stereocenters. The van der Waals surface area contributed by atoms with Gasteiger partial charge in [-0.1, -0.05) is 53.7 Å². The third-order valence-electron chi connectivity index (χ3n) is 3.99. The number of aromatic nitrogens is 1. The molecule has 0 radical (unpaired) electrons. The SMILES string of the molecule is Cc1cc(CNC2c3ccccc3-c3ccccc32)on1. The largest absolute Gasteiger partial charge is 0.360 e. The maximum atomic E-state index is 5.29. The van der Waals surface area contributed by atoms with Crippen LogP contribution in [0.5, 0.6) is 0 Å². The molecule has 4 rings (SSSR count). The zero-order valence-electron chi connectivity index (χ0n) is 11.8. The lowest BCUT2D eigenvalue weighted by molar-refractivity contribution is 0.365. The summed E-state index contributed by atoms with van der Waals surface area (Å²) in [6, 6.07) is 19.3. The third-order valence-corrected chi connectivity index (χ3v) is 3.99. The molecule has 1 aliphatic rings. The normalized spacial score (nSPS) is 13.2. The number of rotatable bonds is 3. The van der Waals surface area contributed by atoms with Gasteiger partial charge in [0.2, 0.25) is 0 Å². The van der Waals surface area contributed by atoms with E-state index in [1.807, 2.05) is 13.0 Å². The minimum Gasteiger partial charge on any atom is -0.360 e. The van der Waals surface area contributed by atoms with E-state index in [1.165, 1.54) is 22.3 Å². The fraction of sp³-hybridized carbons (Fsp3) is 0.167. The van der Waals surface area contributed by atoms with Crippen LogP contribution in [-0.2, 0) is 6.54 Å². The van der Waals surface area contributed by atoms with Gasteiger partial charge in [-0.05, 0) is 29.2 Å². The third kappa shape index (κ3) is 2.06. The second-order valence-corrected chi connectivity index (χ2v) is 5.42. The molecule has 3 heteroatoms. The van der Waals surface area contributed by atoms with Crippen LogP contribution in [0, 0.1) is 6.92 Å². The predicted octanol–water partition coefficient (Wildman–Crippen LogP) is 3.84. The molecule has 0 saturated carbocycles. The van der Waals surface area contributed by atoms with E-state index in [4.69, 9.17) is 4.52 Å². The van der Waals surface area contributed by atoms with E-state index in [2.05, 4.69) is 59.0 Å². The van der Waals surface area contributed by atoms with Gasteiger partial charge in [0, 0.05) is 6.07 Å². The molecule has 0 amide bonds. The Morgan fingerprint density at radius 2 is 1.62 bits per heavy atom. The van der Waals surface area contributed by atoms with Gasteiger partial charge in [0.15, 0.2) is 5.76 Å². The highest BCUT2D eigenvalue weighted by molar-refractivity contribution is 5.78. The van der Waals surface area contributed by atoms with Crippen molar-refractivity contribution >= 4 is 0 Å². The zero-order valence-corrected chi connectivity index (χ0v) is 11.8. The van der Waals surface area contributed by atoms with E-state index in [9.17, 15) is 0 Å². The molecule has 1 N–H and O–H groups in total. The average Bonchev–Trinajstić information content (AvgIpc) is 3.07. The van der Waals surface area contributed by atoms with Gasteiger partial charge in [-0.25, -0.2) is 0 Å². The summed E-state index contributed by atoms with van der Waals surface area (Å²) in [5, 5.41) is 7.53. The molecular weight excluding hydrogens is 260 g/mol. The standard InChI is InChI=1S/C18H16N2O/c1-12-10-13(21-20-12)11-19-18-16-8-4-2-6-14(16)15-7-3-5-9-17(15)18/h2-10,18-19H,11H2,1H3. The number of hydrogen-bond acceptors (Lipinski definition) is 3. The van der Waals surface area contributed by atoms with Crippen molar-refractivity contribution in [1.29, 1.82) is 0 Å². The molecule has 0 saturated heterocycles. The Balaban J connectivity index is 1.68. The summed E-state index contributed by atoms with van der Waals surface area (Å²) in [5.41, 5.74) is 6.21. The van der Waals surface area contributed by atoms with Crippen LogP contribution in [0.3, 0.4) is 0 Å². The fourth-order valence-corrected chi connectivity index (χ4v) is 3.08. The first-order valence-electron chi connectivity index (χ1n) is 7.17. The maximum Gasteiger partial charge on any atom is 0.150 e. The lowest BCUT2D eigenvalue weighted by Crippen LogP contribution is -2.19. The second kappa shape index (κ2) is 4.86. The topological polar surface area (TPSA) is 38.1 Å². The van der Waals surface area contributed by atoms with Crippen LogP contribution in [0.4, 0.5) is 0 Å². The molecule has 1 aromatic heterocycles. The van der Waals surface area contributed by atoms with Crippen molar-refractivity contribution in [3.05, 3.63) is 77.2 Å². The van der Waals surface area contributed by atoms with Crippen molar-refractivity contribution in [1.82, 2.24) is 10.5 Å². The van der Waals surface area contributed by atoms with Gasteiger partial charge in [0.25, 0.3) is 0 Å². The smallest absolute Gasteiger partial charge is 0.150 e. The Bertz CT molecular complexity index is 746. The van der Waals surface area contributed by atoms with Gasteiger partial charge < -0.3 is 4.52 Å². The fourth-order valence-electron chi connectivity index (χ4n) is 3.08. The second-order valence-electron chi connectivity index (χ2n) is 5.42. The Morgan fingerprint density at radius 1 is 1.00 bits per heavy atom. The van der Waals surface area contributed by atoms with Crippen molar-refractivity contribution in [2.45, 2.75) is 19.5 Å². The van der Waals surface area contributed by atoms with E-state index in [1.54, 1.807) is 0 Å². The Labute approximate surface area is 123 Å². The van der Waals surface area contributed by atoms with Crippen molar-refractivity contribution < 1.29 is 4.52 Å². The first-order chi connectivity index (χ1) is 10.3. The number of benzene rings is 2. The molecule has 3 nitrogen and oxygen atoms in total. The average molecular weight is 276 g/mol. The van der Waals surface area contributed by atoms with E-state index in [0.717, 1.165) is 11.5 Å². The summed E-state index contributed by atoms with van der Waals surface area (Å²) >= 11 is 0. The lowest BCUT2D eigenvalue weighted by atomic mass is 10.1. The van der Waals surface area contributed by atoms with Crippen molar-refractivity contribution in [2.24, 2.45) is 0 Å². The minimum atomic E-state index is 0.211. The van der Waals surface area contributed by atoms with Gasteiger partial charge in [-0.15, -0.1) is 0 Å². The molecule has 21 heavy (non-hydrogen) atoms. The summed E-state index contributed by atoms with van der Waals surface area (Å²) in [7, 11) is 0. The predicted molar refractivity (Wildman–Crippen MR) is 81.8 cm³/mol. The number of hydrogen-bond donors (Lipinski definition) is 1. The van der Waals surface area contributed by atoms with Crippen LogP contribution >= 0.6 is 0 Å². The van der Waals surface area contributed by atoms with Crippen LogP contribution in [0.25, 0.3) is 11.1 Å². The molecule has 0 aliphatic heterocycles. The van der Waals surface area contributed by atoms with Crippen molar-refractivity contribution in [3.63, 3.8) is 0 Å². The number of nitrogens with zero attached hydrogens (tertiary/aromatic N) is 1. The van der Waals surface area contributed by atoms with Gasteiger partial charge in [0.05, 0.1) is 18.3 Å². The minimum absolute atomic E-state index is 0.211. The van der Waals surface area contributed by atoms with Crippen LogP contribution in [0.2, 0.25) is 0 Å². The Morgan fingerprint density at radius 3 is 2.19 bits per heavy atom. The molecule has 104 valence electrons. The van der Waals surface area contributed by atoms with Crippen molar-refractivity contribution in [2.75, 3.05) is 0 Å². The van der Waals surface area contributed by atoms with Gasteiger partial charge in [-0.2, -0.15) is 0 Å². The van der Waals surface area contributed by atoms with Crippen LogP contribution in [0.15, 0.2) is 59.1 Å². The zero-order chi connectivity index (χ0) is 14.2. The Kier molecular flexibility index (Phi) is 2.86. The lowest BCUT2D eigenvalue weighted by Gasteiger charge is -2.14. The van der Waals surface area contributed by atoms with E-state index in [-0.39, 0.29) is 6.04 Å².